The summed E-state index contributed by atoms with van der Waals surface area (Å²) in [6.45, 7) is 0.876. The van der Waals surface area contributed by atoms with Gasteiger partial charge in [-0.15, -0.1) is 0 Å². The van der Waals surface area contributed by atoms with Gasteiger partial charge in [-0.3, -0.25) is 4.79 Å². The van der Waals surface area contributed by atoms with Crippen LogP contribution in [0.25, 0.3) is 0 Å². The van der Waals surface area contributed by atoms with Gasteiger partial charge in [-0.1, -0.05) is 18.7 Å². The maximum atomic E-state index is 12.3. The predicted octanol–water partition coefficient (Wildman–Crippen LogP) is 2.74. The molecule has 0 spiro atoms. The lowest BCUT2D eigenvalue weighted by molar-refractivity contribution is -0.110. The first-order chi connectivity index (χ1) is 5.70. The number of thioether (sulfide) groups is 1. The first kappa shape index (κ1) is 11.9. The van der Waals surface area contributed by atoms with E-state index in [1.165, 1.54) is 11.8 Å². The Hall–Kier alpha value is -0.120. The van der Waals surface area contributed by atoms with E-state index in [4.69, 9.17) is 0 Å². The van der Waals surface area contributed by atoms with E-state index in [-0.39, 0.29) is 11.5 Å². The minimum atomic E-state index is -1.35. The second-order valence-electron chi connectivity index (χ2n) is 2.47. The van der Waals surface area contributed by atoms with Crippen LogP contribution in [0.2, 0.25) is 0 Å². The lowest BCUT2D eigenvalue weighted by Gasteiger charge is -2.01. The van der Waals surface area contributed by atoms with Crippen molar-refractivity contribution in [2.24, 2.45) is 0 Å². The molecule has 0 bridgehead atoms. The first-order valence-corrected chi connectivity index (χ1v) is 5.05. The molecular formula is C8H14F2OS. The summed E-state index contributed by atoms with van der Waals surface area (Å²) >= 11 is 1.20. The van der Waals surface area contributed by atoms with Crippen molar-refractivity contribution >= 4 is 16.9 Å². The summed E-state index contributed by atoms with van der Waals surface area (Å²) in [5.41, 5.74) is 0. The molecule has 0 saturated heterocycles. The van der Waals surface area contributed by atoms with Gasteiger partial charge in [0, 0.05) is 12.2 Å². The van der Waals surface area contributed by atoms with E-state index < -0.39 is 12.8 Å². The number of alkyl halides is 2. The third-order valence-electron chi connectivity index (χ3n) is 1.38. The molecule has 1 atom stereocenters. The maximum Gasteiger partial charge on any atom is 0.188 e. The van der Waals surface area contributed by atoms with Crippen molar-refractivity contribution in [3.63, 3.8) is 0 Å². The Morgan fingerprint density at radius 3 is 2.75 bits per heavy atom. The van der Waals surface area contributed by atoms with Gasteiger partial charge in [-0.2, -0.15) is 0 Å². The highest BCUT2D eigenvalue weighted by molar-refractivity contribution is 8.13. The number of rotatable bonds is 6. The van der Waals surface area contributed by atoms with Crippen molar-refractivity contribution in [1.29, 1.82) is 0 Å². The van der Waals surface area contributed by atoms with Gasteiger partial charge in [0.1, 0.15) is 12.8 Å². The molecule has 0 saturated carbocycles. The van der Waals surface area contributed by atoms with Crippen molar-refractivity contribution in [3.8, 4) is 0 Å². The fourth-order valence-corrected chi connectivity index (χ4v) is 1.41. The van der Waals surface area contributed by atoms with Crippen molar-refractivity contribution < 1.29 is 13.6 Å². The highest BCUT2D eigenvalue weighted by Gasteiger charge is 2.05. The number of hydrogen-bond donors (Lipinski definition) is 0. The van der Waals surface area contributed by atoms with E-state index in [1.54, 1.807) is 6.92 Å². The normalized spacial score (nSPS) is 12.9. The Balaban J connectivity index is 3.15. The zero-order valence-corrected chi connectivity index (χ0v) is 8.00. The van der Waals surface area contributed by atoms with Gasteiger partial charge in [-0.05, 0) is 12.8 Å². The molecule has 12 heavy (non-hydrogen) atoms. The molecule has 0 aromatic heterocycles. The fraction of sp³-hybridized carbons (Fsp3) is 0.875. The number of carbonyl (C=O) groups excluding carboxylic acids is 1. The molecule has 0 amide bonds. The molecule has 0 heterocycles. The monoisotopic (exact) mass is 196 g/mol. The summed E-state index contributed by atoms with van der Waals surface area (Å²) in [5, 5.41) is 0.116. The van der Waals surface area contributed by atoms with Crippen LogP contribution >= 0.6 is 11.8 Å². The van der Waals surface area contributed by atoms with Crippen LogP contribution in [0.3, 0.4) is 0 Å². The zero-order valence-electron chi connectivity index (χ0n) is 7.19. The van der Waals surface area contributed by atoms with Crippen LogP contribution in [0.5, 0.6) is 0 Å². The Morgan fingerprint density at radius 1 is 1.58 bits per heavy atom. The Labute approximate surface area is 75.9 Å². The van der Waals surface area contributed by atoms with Gasteiger partial charge >= 0.3 is 0 Å². The number of hydrogen-bond acceptors (Lipinski definition) is 2. The molecule has 0 aliphatic rings. The average molecular weight is 196 g/mol. The second-order valence-corrected chi connectivity index (χ2v) is 3.62. The summed E-state index contributed by atoms with van der Waals surface area (Å²) in [6, 6.07) is 0. The smallest absolute Gasteiger partial charge is 0.188 e. The van der Waals surface area contributed by atoms with Gasteiger partial charge < -0.3 is 0 Å². The van der Waals surface area contributed by atoms with Crippen molar-refractivity contribution in [3.05, 3.63) is 0 Å². The van der Waals surface area contributed by atoms with Crippen LogP contribution in [0.1, 0.15) is 26.2 Å². The van der Waals surface area contributed by atoms with Gasteiger partial charge in [0.15, 0.2) is 5.12 Å². The van der Waals surface area contributed by atoms with E-state index in [9.17, 15) is 13.6 Å². The summed E-state index contributed by atoms with van der Waals surface area (Å²) in [6.07, 6.45) is -0.0447. The van der Waals surface area contributed by atoms with Crippen molar-refractivity contribution in [2.45, 2.75) is 32.4 Å². The van der Waals surface area contributed by atoms with Crippen LogP contribution in [0.4, 0.5) is 8.78 Å². The van der Waals surface area contributed by atoms with Crippen LogP contribution in [-0.4, -0.2) is 23.7 Å². The Kier molecular flexibility index (Phi) is 7.45. The van der Waals surface area contributed by atoms with Gasteiger partial charge in [-0.25, -0.2) is 8.78 Å². The predicted molar refractivity (Wildman–Crippen MR) is 47.9 cm³/mol. The lowest BCUT2D eigenvalue weighted by atomic mass is 10.2. The molecule has 0 fully saturated rings. The molecule has 0 rings (SSSR count). The number of halogens is 2. The summed E-state index contributed by atoms with van der Waals surface area (Å²) < 4.78 is 23.9. The van der Waals surface area contributed by atoms with E-state index in [1.807, 2.05) is 0 Å². The highest BCUT2D eigenvalue weighted by Crippen LogP contribution is 2.10. The quantitative estimate of drug-likeness (QED) is 0.608. The van der Waals surface area contributed by atoms with E-state index in [0.29, 0.717) is 18.6 Å². The highest BCUT2D eigenvalue weighted by atomic mass is 32.2. The molecule has 1 nitrogen and oxygen atoms in total. The Morgan fingerprint density at radius 2 is 2.25 bits per heavy atom. The molecule has 0 aromatic carbocycles. The molecule has 4 heteroatoms. The molecule has 72 valence electrons. The zero-order chi connectivity index (χ0) is 9.40. The van der Waals surface area contributed by atoms with E-state index in [2.05, 4.69) is 0 Å². The van der Waals surface area contributed by atoms with Crippen LogP contribution < -0.4 is 0 Å². The topological polar surface area (TPSA) is 17.1 Å². The molecule has 1 unspecified atom stereocenters. The minimum absolute atomic E-state index is 0.116. The molecule has 0 N–H and O–H groups in total. The Bertz CT molecular complexity index is 130. The van der Waals surface area contributed by atoms with Crippen LogP contribution in [0.15, 0.2) is 0 Å². The second kappa shape index (κ2) is 7.53. The SMILES string of the molecule is CCC(=O)SCCCC(F)CF. The van der Waals surface area contributed by atoms with E-state index in [0.717, 1.165) is 0 Å². The van der Waals surface area contributed by atoms with Crippen LogP contribution in [0, 0.1) is 0 Å². The van der Waals surface area contributed by atoms with E-state index >= 15 is 0 Å². The third kappa shape index (κ3) is 6.58. The average Bonchev–Trinajstić information content (AvgIpc) is 2.11. The standard InChI is InChI=1S/C8H14F2OS/c1-2-8(11)12-5-3-4-7(10)6-9/h7H,2-6H2,1H3. The van der Waals surface area contributed by atoms with Gasteiger partial charge in [0.25, 0.3) is 0 Å². The minimum Gasteiger partial charge on any atom is -0.287 e. The lowest BCUT2D eigenvalue weighted by Crippen LogP contribution is -2.03. The van der Waals surface area contributed by atoms with Gasteiger partial charge in [0.05, 0.1) is 0 Å². The van der Waals surface area contributed by atoms with Crippen LogP contribution in [-0.2, 0) is 4.79 Å². The molecule has 0 aliphatic carbocycles. The van der Waals surface area contributed by atoms with Crippen molar-refractivity contribution in [2.75, 3.05) is 12.4 Å². The first-order valence-electron chi connectivity index (χ1n) is 4.06. The summed E-state index contributed by atoms with van der Waals surface area (Å²) in [5.74, 6) is 0.604. The summed E-state index contributed by atoms with van der Waals surface area (Å²) in [7, 11) is 0. The largest absolute Gasteiger partial charge is 0.287 e. The molecular weight excluding hydrogens is 182 g/mol. The maximum absolute atomic E-state index is 12.3. The third-order valence-corrected chi connectivity index (χ3v) is 2.48. The summed E-state index contributed by atoms with van der Waals surface area (Å²) in [4.78, 5) is 10.7. The molecule has 0 aromatic rings. The molecule has 0 radical (unpaired) electrons. The number of carbonyl (C=O) groups is 1. The fourth-order valence-electron chi connectivity index (χ4n) is 0.670. The van der Waals surface area contributed by atoms with Crippen molar-refractivity contribution in [1.82, 2.24) is 0 Å². The van der Waals surface area contributed by atoms with Gasteiger partial charge in [0.2, 0.25) is 0 Å². The molecule has 0 aliphatic heterocycles.